The Bertz CT molecular complexity index is 1430. The van der Waals surface area contributed by atoms with Gasteiger partial charge in [-0.3, -0.25) is 14.5 Å². The second kappa shape index (κ2) is 11.2. The van der Waals surface area contributed by atoms with E-state index in [1.54, 1.807) is 61.5 Å². The number of rotatable bonds is 8. The third-order valence-electron chi connectivity index (χ3n) is 5.59. The molecule has 0 aliphatic heterocycles. The largest absolute Gasteiger partial charge is 0.487 e. The number of aromatic nitrogens is 1. The predicted octanol–water partition coefficient (Wildman–Crippen LogP) is 5.20. The zero-order valence-electron chi connectivity index (χ0n) is 20.1. The summed E-state index contributed by atoms with van der Waals surface area (Å²) in [6.45, 7) is 3.97. The van der Waals surface area contributed by atoms with E-state index in [4.69, 9.17) is 19.7 Å². The first-order chi connectivity index (χ1) is 17.5. The Morgan fingerprint density at radius 3 is 2.44 bits per heavy atom. The number of amides is 1. The third-order valence-corrected chi connectivity index (χ3v) is 5.59. The molecule has 0 radical (unpaired) electrons. The molecule has 4 rings (SSSR count). The summed E-state index contributed by atoms with van der Waals surface area (Å²) in [5, 5.41) is 9.89. The number of carbonyl (C=O) groups is 2. The topological polar surface area (TPSA) is 92.5 Å². The summed E-state index contributed by atoms with van der Waals surface area (Å²) in [6, 6.07) is 25.2. The van der Waals surface area contributed by atoms with Gasteiger partial charge >= 0.3 is 5.97 Å². The van der Waals surface area contributed by atoms with Gasteiger partial charge in [0, 0.05) is 16.6 Å². The highest BCUT2D eigenvalue weighted by molar-refractivity contribution is 6.09. The van der Waals surface area contributed by atoms with Crippen LogP contribution in [0.3, 0.4) is 0 Å². The van der Waals surface area contributed by atoms with Gasteiger partial charge < -0.3 is 9.47 Å². The second-order valence-electron chi connectivity index (χ2n) is 8.12. The van der Waals surface area contributed by atoms with Gasteiger partial charge in [0.25, 0.3) is 5.91 Å². The van der Waals surface area contributed by atoms with Gasteiger partial charge in [0.2, 0.25) is 0 Å². The summed E-state index contributed by atoms with van der Waals surface area (Å²) in [5.41, 5.74) is 3.98. The summed E-state index contributed by atoms with van der Waals surface area (Å²) in [7, 11) is 0. The number of anilines is 1. The summed E-state index contributed by atoms with van der Waals surface area (Å²) in [4.78, 5) is 31.8. The molecule has 0 N–H and O–H groups in total. The fraction of sp³-hybridized carbons (Fsp3) is 0.172. The van der Waals surface area contributed by atoms with Crippen molar-refractivity contribution in [1.29, 1.82) is 5.26 Å². The van der Waals surface area contributed by atoms with Crippen LogP contribution in [-0.4, -0.2) is 30.0 Å². The van der Waals surface area contributed by atoms with Crippen molar-refractivity contribution in [1.82, 2.24) is 4.98 Å². The molecule has 0 unspecified atom stereocenters. The lowest BCUT2D eigenvalue weighted by Gasteiger charge is -2.22. The Balaban J connectivity index is 1.65. The van der Waals surface area contributed by atoms with E-state index in [2.05, 4.69) is 6.07 Å². The zero-order valence-corrected chi connectivity index (χ0v) is 20.1. The van der Waals surface area contributed by atoms with Crippen molar-refractivity contribution in [2.75, 3.05) is 18.1 Å². The maximum atomic E-state index is 13.3. The number of aryl methyl sites for hydroxylation is 1. The Labute approximate surface area is 209 Å². The van der Waals surface area contributed by atoms with Crippen LogP contribution in [0, 0.1) is 18.3 Å². The average molecular weight is 480 g/mol. The molecule has 7 nitrogen and oxygen atoms in total. The van der Waals surface area contributed by atoms with Gasteiger partial charge in [0.1, 0.15) is 18.9 Å². The van der Waals surface area contributed by atoms with E-state index in [0.29, 0.717) is 33.8 Å². The molecule has 3 aromatic carbocycles. The van der Waals surface area contributed by atoms with Gasteiger partial charge in [0.05, 0.1) is 29.5 Å². The molecule has 180 valence electrons. The van der Waals surface area contributed by atoms with Crippen LogP contribution in [0.2, 0.25) is 0 Å². The fourth-order valence-electron chi connectivity index (χ4n) is 3.84. The van der Waals surface area contributed by atoms with Crippen molar-refractivity contribution < 1.29 is 19.1 Å². The van der Waals surface area contributed by atoms with Crippen LogP contribution in [0.25, 0.3) is 10.9 Å². The molecule has 0 atom stereocenters. The normalized spacial score (nSPS) is 10.5. The van der Waals surface area contributed by atoms with Crippen LogP contribution in [-0.2, 0) is 16.1 Å². The molecule has 0 saturated carbocycles. The maximum Gasteiger partial charge on any atom is 0.326 e. The minimum absolute atomic E-state index is 0.215. The van der Waals surface area contributed by atoms with Crippen molar-refractivity contribution in [2.24, 2.45) is 0 Å². The number of nitrogens with zero attached hydrogens (tertiary/aromatic N) is 3. The summed E-state index contributed by atoms with van der Waals surface area (Å²) in [5.74, 6) is -0.160. The molecule has 0 spiro atoms. The number of nitriles is 1. The molecule has 0 fully saturated rings. The number of pyridine rings is 1. The Morgan fingerprint density at radius 2 is 1.75 bits per heavy atom. The van der Waals surface area contributed by atoms with Crippen molar-refractivity contribution >= 4 is 28.5 Å². The van der Waals surface area contributed by atoms with E-state index in [0.717, 1.165) is 10.9 Å². The molecule has 1 heterocycles. The molecule has 0 aliphatic carbocycles. The molecule has 4 aromatic rings. The monoisotopic (exact) mass is 479 g/mol. The van der Waals surface area contributed by atoms with Crippen LogP contribution < -0.4 is 9.64 Å². The van der Waals surface area contributed by atoms with E-state index in [-0.39, 0.29) is 25.7 Å². The molecule has 7 heteroatoms. The van der Waals surface area contributed by atoms with Gasteiger partial charge in [-0.1, -0.05) is 24.3 Å². The lowest BCUT2D eigenvalue weighted by atomic mass is 10.1. The molecule has 0 bridgehead atoms. The van der Waals surface area contributed by atoms with Crippen LogP contribution in [0.4, 0.5) is 5.69 Å². The molecular formula is C29H25N3O4. The first-order valence-corrected chi connectivity index (χ1v) is 11.5. The minimum atomic E-state index is -0.490. The Hall–Kier alpha value is -4.70. The highest BCUT2D eigenvalue weighted by Crippen LogP contribution is 2.26. The van der Waals surface area contributed by atoms with Crippen molar-refractivity contribution in [2.45, 2.75) is 20.5 Å². The maximum absolute atomic E-state index is 13.3. The molecule has 0 saturated heterocycles. The van der Waals surface area contributed by atoms with Gasteiger partial charge in [-0.05, 0) is 74.0 Å². The molecule has 36 heavy (non-hydrogen) atoms. The molecule has 1 amide bonds. The number of carbonyl (C=O) groups excluding carboxylic acids is 2. The van der Waals surface area contributed by atoms with Crippen LogP contribution in [0.5, 0.6) is 5.75 Å². The smallest absolute Gasteiger partial charge is 0.326 e. The minimum Gasteiger partial charge on any atom is -0.487 e. The number of ether oxygens (including phenoxy) is 2. The summed E-state index contributed by atoms with van der Waals surface area (Å²) in [6.07, 6.45) is 0. The molecular weight excluding hydrogens is 454 g/mol. The quantitative estimate of drug-likeness (QED) is 0.322. The summed E-state index contributed by atoms with van der Waals surface area (Å²) < 4.78 is 11.0. The van der Waals surface area contributed by atoms with E-state index < -0.39 is 5.97 Å². The van der Waals surface area contributed by atoms with Gasteiger partial charge in [0.15, 0.2) is 0 Å². The highest BCUT2D eigenvalue weighted by atomic mass is 16.5. The number of hydrogen-bond donors (Lipinski definition) is 0. The van der Waals surface area contributed by atoms with E-state index >= 15 is 0 Å². The summed E-state index contributed by atoms with van der Waals surface area (Å²) >= 11 is 0. The zero-order chi connectivity index (χ0) is 25.5. The number of esters is 1. The average Bonchev–Trinajstić information content (AvgIpc) is 2.91. The van der Waals surface area contributed by atoms with E-state index in [1.165, 1.54) is 4.90 Å². The van der Waals surface area contributed by atoms with Gasteiger partial charge in [-0.25, -0.2) is 4.98 Å². The lowest BCUT2D eigenvalue weighted by molar-refractivity contribution is -0.141. The van der Waals surface area contributed by atoms with Gasteiger partial charge in [-0.15, -0.1) is 0 Å². The molecule has 0 aliphatic rings. The Morgan fingerprint density at radius 1 is 1.00 bits per heavy atom. The van der Waals surface area contributed by atoms with E-state index in [9.17, 15) is 9.59 Å². The molecule has 1 aromatic heterocycles. The standard InChI is InChI=1S/C29H25N3O4/c1-3-35-28(33)18-32(29(34)22-7-5-4-6-8-22)24-11-14-26-20(2)15-23(31-27(26)16-24)19-36-25-12-9-21(17-30)10-13-25/h4-16H,3,18-19H2,1-2H3. The fourth-order valence-corrected chi connectivity index (χ4v) is 3.84. The van der Waals surface area contributed by atoms with Crippen molar-refractivity contribution in [3.63, 3.8) is 0 Å². The van der Waals surface area contributed by atoms with Crippen LogP contribution in [0.1, 0.15) is 34.1 Å². The third kappa shape index (κ3) is 5.68. The Kier molecular flexibility index (Phi) is 7.57. The first-order valence-electron chi connectivity index (χ1n) is 11.5. The van der Waals surface area contributed by atoms with E-state index in [1.807, 2.05) is 31.2 Å². The lowest BCUT2D eigenvalue weighted by Crippen LogP contribution is -2.36. The second-order valence-corrected chi connectivity index (χ2v) is 8.12. The first kappa shape index (κ1) is 24.4. The highest BCUT2D eigenvalue weighted by Gasteiger charge is 2.22. The van der Waals surface area contributed by atoms with Crippen LogP contribution >= 0.6 is 0 Å². The van der Waals surface area contributed by atoms with Crippen molar-refractivity contribution in [3.05, 3.63) is 101 Å². The predicted molar refractivity (Wildman–Crippen MR) is 137 cm³/mol. The van der Waals surface area contributed by atoms with Gasteiger partial charge in [-0.2, -0.15) is 5.26 Å². The number of benzene rings is 3. The SMILES string of the molecule is CCOC(=O)CN(C(=O)c1ccccc1)c1ccc2c(C)cc(COc3ccc(C#N)cc3)nc2c1. The number of hydrogen-bond acceptors (Lipinski definition) is 6. The van der Waals surface area contributed by atoms with Crippen LogP contribution in [0.15, 0.2) is 78.9 Å². The van der Waals surface area contributed by atoms with Crippen molar-refractivity contribution in [3.8, 4) is 11.8 Å². The number of fused-ring (bicyclic) bond motifs is 1.